The number of aromatic nitrogens is 2. The zero-order valence-corrected chi connectivity index (χ0v) is 12.3. The van der Waals surface area contributed by atoms with Crippen LogP contribution in [0.5, 0.6) is 0 Å². The molecule has 1 aromatic heterocycles. The Kier molecular flexibility index (Phi) is 4.34. The van der Waals surface area contributed by atoms with Gasteiger partial charge in [0.1, 0.15) is 11.6 Å². The average Bonchev–Trinajstić information content (AvgIpc) is 2.53. The molecule has 0 aromatic carbocycles. The van der Waals surface area contributed by atoms with Crippen molar-refractivity contribution in [3.63, 3.8) is 0 Å². The number of carbonyl (C=O) groups is 2. The van der Waals surface area contributed by atoms with Crippen molar-refractivity contribution in [2.24, 2.45) is 0 Å². The summed E-state index contributed by atoms with van der Waals surface area (Å²) in [6.45, 7) is 10.5. The maximum Gasteiger partial charge on any atom is 0.408 e. The molecule has 106 valence electrons. The Labute approximate surface area is 113 Å². The molecule has 0 aliphatic rings. The molecule has 0 saturated carbocycles. The first-order chi connectivity index (χ1) is 8.60. The molecule has 0 aliphatic carbocycles. The Bertz CT molecular complexity index is 486. The van der Waals surface area contributed by atoms with Gasteiger partial charge in [-0.2, -0.15) is 5.10 Å². The normalized spacial score (nSPS) is 12.9. The number of aryl methyl sites for hydroxylation is 2. The van der Waals surface area contributed by atoms with Crippen molar-refractivity contribution >= 4 is 12.0 Å². The molecule has 6 heteroatoms. The summed E-state index contributed by atoms with van der Waals surface area (Å²) in [6.07, 6.45) is -0.616. The van der Waals surface area contributed by atoms with Gasteiger partial charge in [-0.15, -0.1) is 0 Å². The van der Waals surface area contributed by atoms with Crippen molar-refractivity contribution in [3.8, 4) is 0 Å². The van der Waals surface area contributed by atoms with Crippen LogP contribution in [0.15, 0.2) is 6.07 Å². The molecule has 19 heavy (non-hydrogen) atoms. The molecule has 0 fully saturated rings. The van der Waals surface area contributed by atoms with Gasteiger partial charge in [0.05, 0.1) is 5.69 Å². The SMILES string of the molecule is Cc1cc(C)n(C(=O)C(C)NC(=O)OC(C)(C)C)n1. The monoisotopic (exact) mass is 267 g/mol. The van der Waals surface area contributed by atoms with Crippen molar-refractivity contribution < 1.29 is 14.3 Å². The molecule has 0 spiro atoms. The van der Waals surface area contributed by atoms with Crippen molar-refractivity contribution in [1.82, 2.24) is 15.1 Å². The number of amides is 1. The highest BCUT2D eigenvalue weighted by atomic mass is 16.6. The maximum atomic E-state index is 12.1. The van der Waals surface area contributed by atoms with E-state index in [4.69, 9.17) is 4.74 Å². The van der Waals surface area contributed by atoms with Crippen LogP contribution in [0, 0.1) is 13.8 Å². The van der Waals surface area contributed by atoms with E-state index in [-0.39, 0.29) is 5.91 Å². The van der Waals surface area contributed by atoms with Crippen LogP contribution in [-0.4, -0.2) is 33.4 Å². The highest BCUT2D eigenvalue weighted by molar-refractivity contribution is 5.87. The van der Waals surface area contributed by atoms with Gasteiger partial charge in [0, 0.05) is 5.69 Å². The summed E-state index contributed by atoms with van der Waals surface area (Å²) in [4.78, 5) is 23.7. The zero-order valence-electron chi connectivity index (χ0n) is 12.3. The number of alkyl carbamates (subject to hydrolysis) is 1. The quantitative estimate of drug-likeness (QED) is 0.890. The minimum Gasteiger partial charge on any atom is -0.444 e. The first-order valence-corrected chi connectivity index (χ1v) is 6.17. The van der Waals surface area contributed by atoms with Gasteiger partial charge in [-0.25, -0.2) is 9.48 Å². The van der Waals surface area contributed by atoms with E-state index in [0.717, 1.165) is 11.4 Å². The van der Waals surface area contributed by atoms with E-state index in [1.165, 1.54) is 4.68 Å². The van der Waals surface area contributed by atoms with Crippen LogP contribution in [0.25, 0.3) is 0 Å². The summed E-state index contributed by atoms with van der Waals surface area (Å²) in [5.74, 6) is -0.295. The lowest BCUT2D eigenvalue weighted by Gasteiger charge is -2.21. The van der Waals surface area contributed by atoms with E-state index in [1.54, 1.807) is 40.7 Å². The lowest BCUT2D eigenvalue weighted by molar-refractivity contribution is 0.0486. The standard InChI is InChI=1S/C13H21N3O3/c1-8-7-9(2)16(15-8)11(17)10(3)14-12(18)19-13(4,5)6/h7,10H,1-6H3,(H,14,18). The summed E-state index contributed by atoms with van der Waals surface area (Å²) in [7, 11) is 0. The highest BCUT2D eigenvalue weighted by Crippen LogP contribution is 2.07. The predicted molar refractivity (Wildman–Crippen MR) is 71.2 cm³/mol. The number of nitrogens with one attached hydrogen (secondary N) is 1. The molecule has 0 saturated heterocycles. The van der Waals surface area contributed by atoms with Gasteiger partial charge in [-0.1, -0.05) is 0 Å². The minimum absolute atomic E-state index is 0.295. The fourth-order valence-corrected chi connectivity index (χ4v) is 1.58. The molecule has 1 rings (SSSR count). The Morgan fingerprint density at radius 1 is 1.37 bits per heavy atom. The van der Waals surface area contributed by atoms with Gasteiger partial charge >= 0.3 is 6.09 Å². The first-order valence-electron chi connectivity index (χ1n) is 6.17. The van der Waals surface area contributed by atoms with Crippen LogP contribution in [0.1, 0.15) is 43.9 Å². The molecule has 0 bridgehead atoms. The summed E-state index contributed by atoms with van der Waals surface area (Å²) in [6, 6.07) is 1.10. The molecule has 1 amide bonds. The molecule has 1 N–H and O–H groups in total. The van der Waals surface area contributed by atoms with E-state index in [0.29, 0.717) is 0 Å². The lowest BCUT2D eigenvalue weighted by atomic mass is 10.2. The Morgan fingerprint density at radius 3 is 2.37 bits per heavy atom. The molecule has 1 heterocycles. The number of hydrogen-bond acceptors (Lipinski definition) is 4. The third-order valence-corrected chi connectivity index (χ3v) is 2.32. The molecule has 1 unspecified atom stereocenters. The van der Waals surface area contributed by atoms with Crippen LogP contribution < -0.4 is 5.32 Å². The number of rotatable bonds is 2. The van der Waals surface area contributed by atoms with Crippen LogP contribution >= 0.6 is 0 Å². The number of carbonyl (C=O) groups excluding carboxylic acids is 2. The Hall–Kier alpha value is -1.85. The van der Waals surface area contributed by atoms with Gasteiger partial charge in [-0.3, -0.25) is 4.79 Å². The van der Waals surface area contributed by atoms with Crippen LogP contribution in [-0.2, 0) is 4.74 Å². The van der Waals surface area contributed by atoms with Crippen molar-refractivity contribution in [2.45, 2.75) is 53.2 Å². The third-order valence-electron chi connectivity index (χ3n) is 2.32. The van der Waals surface area contributed by atoms with Gasteiger partial charge in [0.2, 0.25) is 0 Å². The second-order valence-corrected chi connectivity index (χ2v) is 5.55. The highest BCUT2D eigenvalue weighted by Gasteiger charge is 2.23. The van der Waals surface area contributed by atoms with E-state index < -0.39 is 17.7 Å². The van der Waals surface area contributed by atoms with Gasteiger partial charge < -0.3 is 10.1 Å². The van der Waals surface area contributed by atoms with Crippen molar-refractivity contribution in [3.05, 3.63) is 17.5 Å². The second kappa shape index (κ2) is 5.42. The number of hydrogen-bond donors (Lipinski definition) is 1. The average molecular weight is 267 g/mol. The number of ether oxygens (including phenoxy) is 1. The second-order valence-electron chi connectivity index (χ2n) is 5.55. The van der Waals surface area contributed by atoms with Crippen LogP contribution in [0.4, 0.5) is 4.79 Å². The van der Waals surface area contributed by atoms with E-state index in [9.17, 15) is 9.59 Å². The van der Waals surface area contributed by atoms with E-state index >= 15 is 0 Å². The fraction of sp³-hybridized carbons (Fsp3) is 0.615. The fourth-order valence-electron chi connectivity index (χ4n) is 1.58. The summed E-state index contributed by atoms with van der Waals surface area (Å²) < 4.78 is 6.39. The predicted octanol–water partition coefficient (Wildman–Crippen LogP) is 2.05. The summed E-state index contributed by atoms with van der Waals surface area (Å²) >= 11 is 0. The van der Waals surface area contributed by atoms with Crippen LogP contribution in [0.3, 0.4) is 0 Å². The largest absolute Gasteiger partial charge is 0.444 e. The lowest BCUT2D eigenvalue weighted by Crippen LogP contribution is -2.44. The zero-order chi connectivity index (χ0) is 14.8. The van der Waals surface area contributed by atoms with Crippen LogP contribution in [0.2, 0.25) is 0 Å². The first kappa shape index (κ1) is 15.2. The maximum absolute atomic E-state index is 12.1. The van der Waals surface area contributed by atoms with E-state index in [1.807, 2.05) is 6.92 Å². The molecule has 0 radical (unpaired) electrons. The van der Waals surface area contributed by atoms with Crippen molar-refractivity contribution in [2.75, 3.05) is 0 Å². The Morgan fingerprint density at radius 2 is 1.95 bits per heavy atom. The smallest absolute Gasteiger partial charge is 0.408 e. The summed E-state index contributed by atoms with van der Waals surface area (Å²) in [5.41, 5.74) is 0.904. The van der Waals surface area contributed by atoms with Gasteiger partial charge in [0.25, 0.3) is 5.91 Å². The Balaban J connectivity index is 2.68. The number of nitrogens with zero attached hydrogens (tertiary/aromatic N) is 2. The molecule has 0 aliphatic heterocycles. The van der Waals surface area contributed by atoms with Gasteiger partial charge in [0.15, 0.2) is 0 Å². The van der Waals surface area contributed by atoms with E-state index in [2.05, 4.69) is 10.4 Å². The molecule has 1 atom stereocenters. The van der Waals surface area contributed by atoms with Gasteiger partial charge in [-0.05, 0) is 47.6 Å². The topological polar surface area (TPSA) is 73.2 Å². The minimum atomic E-state index is -0.701. The molecule has 1 aromatic rings. The molecular formula is C13H21N3O3. The molecule has 6 nitrogen and oxygen atoms in total. The summed E-state index contributed by atoms with van der Waals surface area (Å²) in [5, 5.41) is 6.59. The third kappa shape index (κ3) is 4.39. The molecular weight excluding hydrogens is 246 g/mol. The van der Waals surface area contributed by atoms with Crippen molar-refractivity contribution in [1.29, 1.82) is 0 Å².